The first-order chi connectivity index (χ1) is 9.97. The van der Waals surface area contributed by atoms with Crippen LogP contribution in [0.25, 0.3) is 6.08 Å². The second-order valence-electron chi connectivity index (χ2n) is 5.06. The quantitative estimate of drug-likeness (QED) is 0.884. The van der Waals surface area contributed by atoms with E-state index in [1.807, 2.05) is 42.5 Å². The number of hydrogen-bond donors (Lipinski definition) is 1. The van der Waals surface area contributed by atoms with Crippen molar-refractivity contribution in [3.05, 3.63) is 42.0 Å². The molecule has 1 aromatic carbocycles. The SMILES string of the molecule is O=C(N1CC[NH+](C/C=C/c2ccccc2)CC1)C(F)(F)F. The van der Waals surface area contributed by atoms with Gasteiger partial charge in [-0.15, -0.1) is 0 Å². The highest BCUT2D eigenvalue weighted by Crippen LogP contribution is 2.18. The molecule has 6 heteroatoms. The Labute approximate surface area is 121 Å². The van der Waals surface area contributed by atoms with Gasteiger partial charge in [-0.25, -0.2) is 0 Å². The molecule has 0 aromatic heterocycles. The minimum atomic E-state index is -4.76. The summed E-state index contributed by atoms with van der Waals surface area (Å²) in [6.45, 7) is 2.16. The van der Waals surface area contributed by atoms with Crippen LogP contribution in [0.4, 0.5) is 13.2 Å². The molecule has 1 saturated heterocycles. The fourth-order valence-corrected chi connectivity index (χ4v) is 2.34. The molecule has 3 nitrogen and oxygen atoms in total. The summed E-state index contributed by atoms with van der Waals surface area (Å²) in [5.41, 5.74) is 1.10. The Hall–Kier alpha value is -1.82. The van der Waals surface area contributed by atoms with E-state index >= 15 is 0 Å². The maximum absolute atomic E-state index is 12.3. The van der Waals surface area contributed by atoms with Crippen molar-refractivity contribution in [1.29, 1.82) is 0 Å². The number of hydrogen-bond acceptors (Lipinski definition) is 1. The number of carbonyl (C=O) groups is 1. The Morgan fingerprint density at radius 2 is 1.81 bits per heavy atom. The van der Waals surface area contributed by atoms with Crippen molar-refractivity contribution in [3.63, 3.8) is 0 Å². The second-order valence-corrected chi connectivity index (χ2v) is 5.06. The molecule has 1 aromatic rings. The average Bonchev–Trinajstić information content (AvgIpc) is 2.47. The molecule has 1 fully saturated rings. The first-order valence-electron chi connectivity index (χ1n) is 6.88. The molecule has 1 heterocycles. The summed E-state index contributed by atoms with van der Waals surface area (Å²) in [4.78, 5) is 13.2. The predicted molar refractivity (Wildman–Crippen MR) is 73.7 cm³/mol. The van der Waals surface area contributed by atoms with E-state index in [1.54, 1.807) is 0 Å². The van der Waals surface area contributed by atoms with Gasteiger partial charge in [0.1, 0.15) is 0 Å². The molecule has 1 aliphatic heterocycles. The topological polar surface area (TPSA) is 24.8 Å². The Kier molecular flexibility index (Phi) is 5.01. The van der Waals surface area contributed by atoms with Gasteiger partial charge in [-0.05, 0) is 11.6 Å². The number of quaternary nitrogens is 1. The van der Waals surface area contributed by atoms with Crippen molar-refractivity contribution < 1.29 is 22.9 Å². The molecule has 1 aliphatic rings. The van der Waals surface area contributed by atoms with E-state index in [1.165, 1.54) is 4.90 Å². The van der Waals surface area contributed by atoms with Crippen LogP contribution < -0.4 is 4.90 Å². The lowest BCUT2D eigenvalue weighted by Gasteiger charge is -2.32. The fourth-order valence-electron chi connectivity index (χ4n) is 2.34. The van der Waals surface area contributed by atoms with E-state index in [4.69, 9.17) is 0 Å². The fraction of sp³-hybridized carbons (Fsp3) is 0.400. The molecule has 0 radical (unpaired) electrons. The third-order valence-corrected chi connectivity index (χ3v) is 3.52. The summed E-state index contributed by atoms with van der Waals surface area (Å²) in [7, 11) is 0. The van der Waals surface area contributed by atoms with Gasteiger partial charge in [0.2, 0.25) is 0 Å². The summed E-state index contributed by atoms with van der Waals surface area (Å²) in [6, 6.07) is 9.83. The van der Waals surface area contributed by atoms with Crippen LogP contribution in [0.1, 0.15) is 5.56 Å². The minimum Gasteiger partial charge on any atom is -0.329 e. The summed E-state index contributed by atoms with van der Waals surface area (Å²) >= 11 is 0. The van der Waals surface area contributed by atoms with Crippen LogP contribution in [-0.4, -0.2) is 49.7 Å². The zero-order valence-electron chi connectivity index (χ0n) is 11.6. The normalized spacial score (nSPS) is 17.4. The lowest BCUT2D eigenvalue weighted by atomic mass is 10.2. The highest BCUT2D eigenvalue weighted by Gasteiger charge is 2.43. The van der Waals surface area contributed by atoms with Crippen molar-refractivity contribution in [2.45, 2.75) is 6.18 Å². The van der Waals surface area contributed by atoms with Crippen molar-refractivity contribution >= 4 is 12.0 Å². The molecule has 114 valence electrons. The number of benzene rings is 1. The van der Waals surface area contributed by atoms with Crippen molar-refractivity contribution in [3.8, 4) is 0 Å². The standard InChI is InChI=1S/C15H17F3N2O/c16-15(17,18)14(21)20-11-9-19(10-12-20)8-4-7-13-5-2-1-3-6-13/h1-7H,8-12H2/p+1/b7-4+. The smallest absolute Gasteiger partial charge is 0.329 e. The first kappa shape index (κ1) is 15.6. The molecule has 0 saturated carbocycles. The van der Waals surface area contributed by atoms with Gasteiger partial charge in [-0.1, -0.05) is 36.4 Å². The van der Waals surface area contributed by atoms with E-state index in [0.29, 0.717) is 13.1 Å². The third-order valence-electron chi connectivity index (χ3n) is 3.52. The largest absolute Gasteiger partial charge is 0.471 e. The summed E-state index contributed by atoms with van der Waals surface area (Å²) in [5.74, 6) is -1.72. The van der Waals surface area contributed by atoms with Crippen LogP contribution >= 0.6 is 0 Å². The van der Waals surface area contributed by atoms with Crippen LogP contribution in [0, 0.1) is 0 Å². The Balaban J connectivity index is 1.77. The van der Waals surface area contributed by atoms with Crippen LogP contribution in [0.15, 0.2) is 36.4 Å². The molecule has 0 bridgehead atoms. The van der Waals surface area contributed by atoms with E-state index in [9.17, 15) is 18.0 Å². The van der Waals surface area contributed by atoms with Gasteiger partial charge in [0, 0.05) is 0 Å². The lowest BCUT2D eigenvalue weighted by molar-refractivity contribution is -0.898. The van der Waals surface area contributed by atoms with Gasteiger partial charge >= 0.3 is 12.1 Å². The van der Waals surface area contributed by atoms with E-state index in [0.717, 1.165) is 17.0 Å². The third kappa shape index (κ3) is 4.60. The van der Waals surface area contributed by atoms with Gasteiger partial charge in [-0.3, -0.25) is 4.79 Å². The zero-order chi connectivity index (χ0) is 15.3. The Morgan fingerprint density at radius 1 is 1.19 bits per heavy atom. The average molecular weight is 299 g/mol. The molecule has 1 amide bonds. The summed E-state index contributed by atoms with van der Waals surface area (Å²) < 4.78 is 36.9. The maximum Gasteiger partial charge on any atom is 0.471 e. The molecule has 0 unspecified atom stereocenters. The molecule has 0 spiro atoms. The number of halogens is 3. The Morgan fingerprint density at radius 3 is 2.38 bits per heavy atom. The summed E-state index contributed by atoms with van der Waals surface area (Å²) in [5, 5.41) is 0. The van der Waals surface area contributed by atoms with Crippen molar-refractivity contribution in [2.24, 2.45) is 0 Å². The van der Waals surface area contributed by atoms with E-state index in [2.05, 4.69) is 0 Å². The molecule has 0 aliphatic carbocycles. The monoisotopic (exact) mass is 299 g/mol. The van der Waals surface area contributed by atoms with Crippen molar-refractivity contribution in [1.82, 2.24) is 4.90 Å². The lowest BCUT2D eigenvalue weighted by Crippen LogP contribution is -3.14. The highest BCUT2D eigenvalue weighted by atomic mass is 19.4. The van der Waals surface area contributed by atoms with Crippen LogP contribution in [-0.2, 0) is 4.79 Å². The molecule has 1 N–H and O–H groups in total. The number of amides is 1. The number of carbonyl (C=O) groups excluding carboxylic acids is 1. The molecule has 21 heavy (non-hydrogen) atoms. The van der Waals surface area contributed by atoms with E-state index in [-0.39, 0.29) is 13.1 Å². The first-order valence-corrected chi connectivity index (χ1v) is 6.88. The van der Waals surface area contributed by atoms with Gasteiger partial charge in [0.05, 0.1) is 32.7 Å². The zero-order valence-corrected chi connectivity index (χ0v) is 11.6. The highest BCUT2D eigenvalue weighted by molar-refractivity contribution is 5.81. The molecular weight excluding hydrogens is 281 g/mol. The van der Waals surface area contributed by atoms with E-state index < -0.39 is 12.1 Å². The molecule has 2 rings (SSSR count). The minimum absolute atomic E-state index is 0.160. The van der Waals surface area contributed by atoms with Crippen molar-refractivity contribution in [2.75, 3.05) is 32.7 Å². The number of rotatable bonds is 3. The Bertz CT molecular complexity index is 491. The molecule has 0 atom stereocenters. The molecular formula is C15H18F3N2O+. The van der Waals surface area contributed by atoms with Gasteiger partial charge in [-0.2, -0.15) is 13.2 Å². The van der Waals surface area contributed by atoms with Crippen LogP contribution in [0.3, 0.4) is 0 Å². The van der Waals surface area contributed by atoms with Gasteiger partial charge < -0.3 is 9.80 Å². The maximum atomic E-state index is 12.3. The van der Waals surface area contributed by atoms with Crippen LogP contribution in [0.2, 0.25) is 0 Å². The number of alkyl halides is 3. The van der Waals surface area contributed by atoms with Crippen LogP contribution in [0.5, 0.6) is 0 Å². The summed E-state index contributed by atoms with van der Waals surface area (Å²) in [6.07, 6.45) is -0.739. The van der Waals surface area contributed by atoms with Gasteiger partial charge in [0.15, 0.2) is 0 Å². The number of piperazine rings is 1. The predicted octanol–water partition coefficient (Wildman–Crippen LogP) is 0.989. The van der Waals surface area contributed by atoms with Gasteiger partial charge in [0.25, 0.3) is 0 Å². The number of nitrogens with one attached hydrogen (secondary N) is 1. The second kappa shape index (κ2) is 6.76. The number of nitrogens with zero attached hydrogens (tertiary/aromatic N) is 1.